The van der Waals surface area contributed by atoms with Crippen molar-refractivity contribution in [1.29, 1.82) is 0 Å². The number of aliphatic imine (C=N–C) groups is 1. The molecule has 1 aliphatic heterocycles. The SMILES string of the molecule is CN1C(=O)CC(C)(C2=CC(c3cc4ccccc4s3)CC=C2)N=C1N. The summed E-state index contributed by atoms with van der Waals surface area (Å²) >= 11 is 1.84. The molecule has 0 bridgehead atoms. The van der Waals surface area contributed by atoms with Crippen molar-refractivity contribution in [3.8, 4) is 0 Å². The van der Waals surface area contributed by atoms with E-state index in [-0.39, 0.29) is 11.9 Å². The molecule has 0 saturated carbocycles. The minimum Gasteiger partial charge on any atom is -0.369 e. The number of nitrogens with zero attached hydrogens (tertiary/aromatic N) is 2. The van der Waals surface area contributed by atoms with Gasteiger partial charge in [0.15, 0.2) is 5.96 Å². The Balaban J connectivity index is 1.71. The Kier molecular flexibility index (Phi) is 3.76. The lowest BCUT2D eigenvalue weighted by Crippen LogP contribution is -2.49. The van der Waals surface area contributed by atoms with Crippen molar-refractivity contribution in [1.82, 2.24) is 4.90 Å². The summed E-state index contributed by atoms with van der Waals surface area (Å²) in [6, 6.07) is 10.7. The number of rotatable bonds is 2. The van der Waals surface area contributed by atoms with Crippen LogP contribution < -0.4 is 5.73 Å². The molecule has 0 spiro atoms. The fourth-order valence-corrected chi connectivity index (χ4v) is 4.65. The summed E-state index contributed by atoms with van der Waals surface area (Å²) in [7, 11) is 1.67. The number of thiophene rings is 1. The molecule has 2 unspecified atom stereocenters. The van der Waals surface area contributed by atoms with Crippen LogP contribution in [0.1, 0.15) is 30.6 Å². The van der Waals surface area contributed by atoms with Crippen LogP contribution >= 0.6 is 11.3 Å². The third-order valence-electron chi connectivity index (χ3n) is 5.07. The Hall–Kier alpha value is -2.40. The number of fused-ring (bicyclic) bond motifs is 1. The van der Waals surface area contributed by atoms with Crippen molar-refractivity contribution in [2.24, 2.45) is 10.7 Å². The van der Waals surface area contributed by atoms with E-state index < -0.39 is 5.54 Å². The van der Waals surface area contributed by atoms with E-state index in [1.807, 2.05) is 18.3 Å². The molecule has 2 aromatic rings. The van der Waals surface area contributed by atoms with Crippen LogP contribution in [-0.2, 0) is 4.79 Å². The molecular weight excluding hydrogens is 330 g/mol. The molecule has 25 heavy (non-hydrogen) atoms. The van der Waals surface area contributed by atoms with E-state index in [4.69, 9.17) is 5.73 Å². The monoisotopic (exact) mass is 351 g/mol. The van der Waals surface area contributed by atoms with E-state index >= 15 is 0 Å². The third-order valence-corrected chi connectivity index (χ3v) is 6.32. The fraction of sp³-hybridized carbons (Fsp3) is 0.300. The summed E-state index contributed by atoms with van der Waals surface area (Å²) in [6.45, 7) is 1.99. The maximum Gasteiger partial charge on any atom is 0.231 e. The lowest BCUT2D eigenvalue weighted by atomic mass is 9.81. The first kappa shape index (κ1) is 16.1. The summed E-state index contributed by atoms with van der Waals surface area (Å²) in [5.74, 6) is 0.616. The lowest BCUT2D eigenvalue weighted by molar-refractivity contribution is -0.128. The maximum absolute atomic E-state index is 12.2. The molecule has 1 amide bonds. The molecule has 0 saturated heterocycles. The second-order valence-corrected chi connectivity index (χ2v) is 8.04. The highest BCUT2D eigenvalue weighted by molar-refractivity contribution is 7.19. The van der Waals surface area contributed by atoms with Gasteiger partial charge in [-0.05, 0) is 36.4 Å². The summed E-state index contributed by atoms with van der Waals surface area (Å²) in [5.41, 5.74) is 6.44. The molecule has 0 fully saturated rings. The van der Waals surface area contributed by atoms with Crippen LogP contribution in [0.4, 0.5) is 0 Å². The molecule has 0 radical (unpaired) electrons. The molecule has 4 rings (SSSR count). The van der Waals surface area contributed by atoms with Gasteiger partial charge in [-0.2, -0.15) is 0 Å². The van der Waals surface area contributed by atoms with Crippen molar-refractivity contribution < 1.29 is 4.79 Å². The van der Waals surface area contributed by atoms with Crippen LogP contribution in [0.3, 0.4) is 0 Å². The molecule has 4 nitrogen and oxygen atoms in total. The third kappa shape index (κ3) is 2.78. The van der Waals surface area contributed by atoms with Crippen LogP contribution in [0.15, 0.2) is 59.1 Å². The van der Waals surface area contributed by atoms with Gasteiger partial charge in [0, 0.05) is 22.5 Å². The summed E-state index contributed by atoms with van der Waals surface area (Å²) in [6.07, 6.45) is 7.86. The van der Waals surface area contributed by atoms with Gasteiger partial charge in [-0.1, -0.05) is 36.4 Å². The lowest BCUT2D eigenvalue weighted by Gasteiger charge is -2.35. The van der Waals surface area contributed by atoms with Crippen LogP contribution in [0.5, 0.6) is 0 Å². The van der Waals surface area contributed by atoms with Gasteiger partial charge in [0.1, 0.15) is 0 Å². The predicted octanol–water partition coefficient (Wildman–Crippen LogP) is 3.81. The molecule has 2 aliphatic rings. The van der Waals surface area contributed by atoms with E-state index in [0.29, 0.717) is 12.3 Å². The second kappa shape index (κ2) is 5.85. The molecule has 1 aromatic carbocycles. The Morgan fingerprint density at radius 2 is 2.16 bits per heavy atom. The smallest absolute Gasteiger partial charge is 0.231 e. The highest BCUT2D eigenvalue weighted by Gasteiger charge is 2.37. The molecule has 2 atom stereocenters. The van der Waals surface area contributed by atoms with Gasteiger partial charge in [-0.25, -0.2) is 4.99 Å². The zero-order valence-corrected chi connectivity index (χ0v) is 15.2. The largest absolute Gasteiger partial charge is 0.369 e. The first-order valence-electron chi connectivity index (χ1n) is 8.45. The quantitative estimate of drug-likeness (QED) is 0.894. The molecule has 1 aromatic heterocycles. The van der Waals surface area contributed by atoms with Crippen molar-refractivity contribution in [2.45, 2.75) is 31.2 Å². The number of amides is 1. The van der Waals surface area contributed by atoms with Gasteiger partial charge in [0.2, 0.25) is 5.91 Å². The van der Waals surface area contributed by atoms with E-state index in [0.717, 1.165) is 12.0 Å². The number of nitrogens with two attached hydrogens (primary N) is 1. The van der Waals surface area contributed by atoms with Gasteiger partial charge in [-0.3, -0.25) is 9.69 Å². The number of hydrogen-bond acceptors (Lipinski definition) is 4. The number of benzene rings is 1. The van der Waals surface area contributed by atoms with Crippen LogP contribution in [0, 0.1) is 0 Å². The van der Waals surface area contributed by atoms with Crippen molar-refractivity contribution in [3.05, 3.63) is 59.0 Å². The molecule has 5 heteroatoms. The number of carbonyl (C=O) groups excluding carboxylic acids is 1. The second-order valence-electron chi connectivity index (χ2n) is 6.93. The summed E-state index contributed by atoms with van der Waals surface area (Å²) < 4.78 is 1.31. The zero-order chi connectivity index (χ0) is 17.6. The number of guanidine groups is 1. The average molecular weight is 351 g/mol. The normalized spacial score (nSPS) is 26.7. The van der Waals surface area contributed by atoms with E-state index in [1.54, 1.807) is 7.05 Å². The van der Waals surface area contributed by atoms with Crippen LogP contribution in [0.25, 0.3) is 10.1 Å². The molecule has 2 heterocycles. The fourth-order valence-electron chi connectivity index (χ4n) is 3.50. The van der Waals surface area contributed by atoms with Crippen LogP contribution in [-0.4, -0.2) is 29.4 Å². The highest BCUT2D eigenvalue weighted by atomic mass is 32.1. The highest BCUT2D eigenvalue weighted by Crippen LogP contribution is 2.40. The van der Waals surface area contributed by atoms with E-state index in [1.165, 1.54) is 19.9 Å². The standard InChI is InChI=1S/C20H21N3OS/c1-20(12-18(24)23(2)19(21)22-20)15-8-5-7-13(10-15)17-11-14-6-3-4-9-16(14)25-17/h3-6,8-11,13H,7,12H2,1-2H3,(H2,21,22). The molecule has 2 N–H and O–H groups in total. The summed E-state index contributed by atoms with van der Waals surface area (Å²) in [5, 5.41) is 1.29. The maximum atomic E-state index is 12.2. The van der Waals surface area contributed by atoms with Gasteiger partial charge < -0.3 is 5.73 Å². The number of allylic oxidation sites excluding steroid dienone is 2. The topological polar surface area (TPSA) is 58.7 Å². The molecular formula is C20H21N3OS. The minimum atomic E-state index is -0.584. The zero-order valence-electron chi connectivity index (χ0n) is 14.4. The summed E-state index contributed by atoms with van der Waals surface area (Å²) in [4.78, 5) is 19.6. The van der Waals surface area contributed by atoms with Crippen molar-refractivity contribution in [2.75, 3.05) is 7.05 Å². The molecule has 1 aliphatic carbocycles. The van der Waals surface area contributed by atoms with Crippen LogP contribution in [0.2, 0.25) is 0 Å². The van der Waals surface area contributed by atoms with Gasteiger partial charge in [0.05, 0.1) is 12.0 Å². The van der Waals surface area contributed by atoms with E-state index in [9.17, 15) is 4.79 Å². The first-order chi connectivity index (χ1) is 12.0. The molecule has 128 valence electrons. The Morgan fingerprint density at radius 1 is 1.36 bits per heavy atom. The Morgan fingerprint density at radius 3 is 2.92 bits per heavy atom. The Bertz CT molecular complexity index is 906. The minimum absolute atomic E-state index is 0.00767. The Labute approximate surface area is 151 Å². The average Bonchev–Trinajstić information content (AvgIpc) is 3.04. The van der Waals surface area contributed by atoms with E-state index in [2.05, 4.69) is 53.6 Å². The predicted molar refractivity (Wildman–Crippen MR) is 104 cm³/mol. The van der Waals surface area contributed by atoms with Crippen molar-refractivity contribution in [3.63, 3.8) is 0 Å². The number of carbonyl (C=O) groups is 1. The van der Waals surface area contributed by atoms with Gasteiger partial charge >= 0.3 is 0 Å². The van der Waals surface area contributed by atoms with Gasteiger partial charge in [0.25, 0.3) is 0 Å². The van der Waals surface area contributed by atoms with Crippen molar-refractivity contribution >= 4 is 33.3 Å². The number of hydrogen-bond donors (Lipinski definition) is 1. The first-order valence-corrected chi connectivity index (χ1v) is 9.27. The van der Waals surface area contributed by atoms with Gasteiger partial charge in [-0.15, -0.1) is 11.3 Å².